The van der Waals surface area contributed by atoms with Crippen LogP contribution in [-0.2, 0) is 16.1 Å². The minimum atomic E-state index is 0.144. The third-order valence-electron chi connectivity index (χ3n) is 8.65. The number of carbonyl (C=O) groups excluding carboxylic acids is 1. The third kappa shape index (κ3) is 7.51. The van der Waals surface area contributed by atoms with Crippen molar-refractivity contribution in [1.29, 1.82) is 0 Å². The molecule has 2 aromatic heterocycles. The van der Waals surface area contributed by atoms with E-state index in [0.717, 1.165) is 67.6 Å². The van der Waals surface area contributed by atoms with Crippen LogP contribution in [0.3, 0.4) is 0 Å². The molecule has 240 valence electrons. The number of carbonyl (C=O) groups is 1. The Labute approximate surface area is 274 Å². The smallest absolute Gasteiger partial charge is 0.257 e. The van der Waals surface area contributed by atoms with Crippen molar-refractivity contribution in [2.75, 3.05) is 51.3 Å². The summed E-state index contributed by atoms with van der Waals surface area (Å²) in [7, 11) is 0. The molecule has 5 aromatic rings. The van der Waals surface area contributed by atoms with Gasteiger partial charge in [0, 0.05) is 68.3 Å². The zero-order chi connectivity index (χ0) is 32.0. The van der Waals surface area contributed by atoms with Gasteiger partial charge in [-0.15, -0.1) is 0 Å². The van der Waals surface area contributed by atoms with E-state index in [1.54, 1.807) is 6.92 Å². The van der Waals surface area contributed by atoms with Crippen molar-refractivity contribution in [3.8, 4) is 34.2 Å². The van der Waals surface area contributed by atoms with Crippen molar-refractivity contribution < 1.29 is 18.8 Å². The molecule has 0 aliphatic carbocycles. The second kappa shape index (κ2) is 14.1. The van der Waals surface area contributed by atoms with Gasteiger partial charge in [-0.1, -0.05) is 53.7 Å². The molecule has 10 nitrogen and oxygen atoms in total. The predicted octanol–water partition coefficient (Wildman–Crippen LogP) is 6.16. The first kappa shape index (κ1) is 30.6. The number of nitrogens with one attached hydrogen (secondary N) is 1. The lowest BCUT2D eigenvalue weighted by Crippen LogP contribution is -2.39. The summed E-state index contributed by atoms with van der Waals surface area (Å²) in [5, 5.41) is 7.36. The van der Waals surface area contributed by atoms with E-state index in [2.05, 4.69) is 38.6 Å². The van der Waals surface area contributed by atoms with Gasteiger partial charge in [0.25, 0.3) is 5.89 Å². The van der Waals surface area contributed by atoms with E-state index >= 15 is 0 Å². The van der Waals surface area contributed by atoms with Gasteiger partial charge >= 0.3 is 0 Å². The van der Waals surface area contributed by atoms with Crippen LogP contribution in [-0.4, -0.2) is 76.8 Å². The van der Waals surface area contributed by atoms with Crippen LogP contribution in [0, 0.1) is 6.92 Å². The molecule has 3 aromatic carbocycles. The minimum Gasteiger partial charge on any atom is -0.457 e. The molecule has 2 fully saturated rings. The number of morpholine rings is 1. The Morgan fingerprint density at radius 3 is 2.51 bits per heavy atom. The second-order valence-corrected chi connectivity index (χ2v) is 12.0. The fraction of sp³-hybridized carbons (Fsp3) is 0.297. The number of aryl methyl sites for hydroxylation is 1. The number of anilines is 1. The lowest BCUT2D eigenvalue weighted by atomic mass is 9.98. The summed E-state index contributed by atoms with van der Waals surface area (Å²) >= 11 is 0. The molecular weight excluding hydrogens is 592 g/mol. The first-order chi connectivity index (χ1) is 23.1. The number of likely N-dealkylation sites (tertiary alicyclic amines) is 1. The second-order valence-electron chi connectivity index (χ2n) is 12.0. The Morgan fingerprint density at radius 1 is 0.915 bits per heavy atom. The molecule has 1 N–H and O–H groups in total. The molecule has 1 atom stereocenters. The molecule has 4 heterocycles. The number of ether oxygens (including phenoxy) is 2. The fourth-order valence-electron chi connectivity index (χ4n) is 6.09. The van der Waals surface area contributed by atoms with Crippen LogP contribution in [0.15, 0.2) is 95.5 Å². The molecule has 0 saturated carbocycles. The number of hydrogen-bond donors (Lipinski definition) is 1. The zero-order valence-electron chi connectivity index (χ0n) is 26.5. The lowest BCUT2D eigenvalue weighted by Gasteiger charge is -2.26. The molecule has 7 rings (SSSR count). The summed E-state index contributed by atoms with van der Waals surface area (Å²) in [6, 6.07) is 29.9. The normalized spacial score (nSPS) is 16.8. The monoisotopic (exact) mass is 630 g/mol. The molecule has 0 spiro atoms. The topological polar surface area (TPSA) is 106 Å². The molecule has 2 saturated heterocycles. The van der Waals surface area contributed by atoms with Crippen molar-refractivity contribution >= 4 is 11.7 Å². The van der Waals surface area contributed by atoms with Gasteiger partial charge in [-0.05, 0) is 55.0 Å². The molecule has 0 bridgehead atoms. The lowest BCUT2D eigenvalue weighted by molar-refractivity contribution is -0.128. The first-order valence-electron chi connectivity index (χ1n) is 16.1. The summed E-state index contributed by atoms with van der Waals surface area (Å²) < 4.78 is 17.3. The van der Waals surface area contributed by atoms with E-state index < -0.39 is 0 Å². The molecule has 10 heteroatoms. The number of pyridine rings is 1. The number of benzene rings is 3. The molecular formula is C37H38N6O4. The number of hydrogen-bond acceptors (Lipinski definition) is 9. The van der Waals surface area contributed by atoms with Crippen LogP contribution in [0.5, 0.6) is 11.5 Å². The average molecular weight is 631 g/mol. The summed E-state index contributed by atoms with van der Waals surface area (Å²) in [4.78, 5) is 26.7. The van der Waals surface area contributed by atoms with Crippen LogP contribution >= 0.6 is 0 Å². The Balaban J connectivity index is 1.12. The van der Waals surface area contributed by atoms with Crippen molar-refractivity contribution in [1.82, 2.24) is 24.9 Å². The van der Waals surface area contributed by atoms with Crippen LogP contribution in [0.2, 0.25) is 0 Å². The minimum absolute atomic E-state index is 0.144. The number of nitrogens with zero attached hydrogens (tertiary/aromatic N) is 5. The number of amides is 1. The maximum absolute atomic E-state index is 13.2. The van der Waals surface area contributed by atoms with Gasteiger partial charge in [-0.25, -0.2) is 4.98 Å². The zero-order valence-corrected chi connectivity index (χ0v) is 26.5. The van der Waals surface area contributed by atoms with Gasteiger partial charge in [0.2, 0.25) is 5.91 Å². The summed E-state index contributed by atoms with van der Waals surface area (Å²) in [6.45, 7) is 8.14. The highest BCUT2D eigenvalue weighted by Crippen LogP contribution is 2.35. The fourth-order valence-corrected chi connectivity index (χ4v) is 6.09. The summed E-state index contributed by atoms with van der Waals surface area (Å²) in [5.41, 5.74) is 4.68. The third-order valence-corrected chi connectivity index (χ3v) is 8.65. The SMILES string of the molecule is Cc1noc(-c2ccc(Oc3cc(-c4cccc(NCCN5CCOCC5)n4)ccc3CN3C[C@H](c4ccccc4)CC3=O)cc2)n1. The van der Waals surface area contributed by atoms with Gasteiger partial charge in [0.1, 0.15) is 17.3 Å². The largest absolute Gasteiger partial charge is 0.457 e. The van der Waals surface area contributed by atoms with E-state index in [9.17, 15) is 4.79 Å². The molecule has 2 aliphatic rings. The quantitative estimate of drug-likeness (QED) is 0.184. The van der Waals surface area contributed by atoms with Crippen LogP contribution in [0.4, 0.5) is 5.82 Å². The molecule has 0 unspecified atom stereocenters. The molecule has 1 amide bonds. The number of rotatable bonds is 11. The van der Waals surface area contributed by atoms with Gasteiger partial charge in [-0.2, -0.15) is 4.98 Å². The Bertz CT molecular complexity index is 1800. The molecule has 2 aliphatic heterocycles. The maximum Gasteiger partial charge on any atom is 0.257 e. The highest BCUT2D eigenvalue weighted by Gasteiger charge is 2.31. The van der Waals surface area contributed by atoms with E-state index in [-0.39, 0.29) is 11.8 Å². The summed E-state index contributed by atoms with van der Waals surface area (Å²) in [6.07, 6.45) is 0.504. The Hall–Kier alpha value is -5.06. The van der Waals surface area contributed by atoms with Gasteiger partial charge < -0.3 is 24.2 Å². The maximum atomic E-state index is 13.2. The van der Waals surface area contributed by atoms with Crippen molar-refractivity contribution in [2.24, 2.45) is 0 Å². The average Bonchev–Trinajstić information content (AvgIpc) is 3.71. The van der Waals surface area contributed by atoms with Crippen LogP contribution in [0.1, 0.15) is 29.3 Å². The van der Waals surface area contributed by atoms with Gasteiger partial charge in [0.15, 0.2) is 5.82 Å². The highest BCUT2D eigenvalue weighted by atomic mass is 16.5. The van der Waals surface area contributed by atoms with Crippen LogP contribution in [0.25, 0.3) is 22.7 Å². The van der Waals surface area contributed by atoms with Crippen molar-refractivity contribution in [3.05, 3.63) is 108 Å². The molecule has 47 heavy (non-hydrogen) atoms. The molecule has 0 radical (unpaired) electrons. The van der Waals surface area contributed by atoms with E-state index in [4.69, 9.17) is 19.0 Å². The van der Waals surface area contributed by atoms with E-state index in [1.165, 1.54) is 5.56 Å². The Morgan fingerprint density at radius 2 is 1.72 bits per heavy atom. The van der Waals surface area contributed by atoms with E-state index in [1.807, 2.05) is 77.7 Å². The summed E-state index contributed by atoms with van der Waals surface area (Å²) in [5.74, 6) is 3.52. The van der Waals surface area contributed by atoms with Gasteiger partial charge in [-0.3, -0.25) is 9.69 Å². The van der Waals surface area contributed by atoms with Gasteiger partial charge in [0.05, 0.1) is 18.9 Å². The van der Waals surface area contributed by atoms with Crippen molar-refractivity contribution in [2.45, 2.75) is 25.8 Å². The Kier molecular flexibility index (Phi) is 9.21. The highest BCUT2D eigenvalue weighted by molar-refractivity contribution is 5.80. The first-order valence-corrected chi connectivity index (χ1v) is 16.1. The van der Waals surface area contributed by atoms with Crippen molar-refractivity contribution in [3.63, 3.8) is 0 Å². The predicted molar refractivity (Wildman–Crippen MR) is 179 cm³/mol. The van der Waals surface area contributed by atoms with E-state index in [0.29, 0.717) is 42.7 Å². The number of aromatic nitrogens is 3. The van der Waals surface area contributed by atoms with Crippen LogP contribution < -0.4 is 10.1 Å². The standard InChI is InChI=1S/C37H38N6O4/c1-26-39-37(47-41-26)28-12-14-32(15-13-28)46-34-22-29(33-8-5-9-35(40-33)38-16-17-42-18-20-45-21-19-42)10-11-30(34)24-43-25-31(23-36(43)44)27-6-3-2-4-7-27/h2-15,22,31H,16-21,23-25H2,1H3,(H,38,40)/t31-/m1/s1.